The molecule has 2 atom stereocenters. The van der Waals surface area contributed by atoms with Crippen LogP contribution in [0.15, 0.2) is 36.4 Å². The van der Waals surface area contributed by atoms with Crippen molar-refractivity contribution in [1.29, 1.82) is 0 Å². The van der Waals surface area contributed by atoms with E-state index >= 15 is 0 Å². The molecule has 0 spiro atoms. The van der Waals surface area contributed by atoms with Gasteiger partial charge in [-0.15, -0.1) is 0 Å². The maximum absolute atomic E-state index is 13.0. The highest BCUT2D eigenvalue weighted by Crippen LogP contribution is 2.33. The van der Waals surface area contributed by atoms with Crippen molar-refractivity contribution in [2.24, 2.45) is 0 Å². The molecule has 0 radical (unpaired) electrons. The van der Waals surface area contributed by atoms with Crippen molar-refractivity contribution in [1.82, 2.24) is 15.5 Å². The topological polar surface area (TPSA) is 78.5 Å². The molecule has 3 rings (SSSR count). The predicted octanol–water partition coefficient (Wildman–Crippen LogP) is 4.25. The van der Waals surface area contributed by atoms with Gasteiger partial charge in [0, 0.05) is 0 Å². The normalized spacial score (nSPS) is 19.6. The Morgan fingerprint density at radius 2 is 1.80 bits per heavy atom. The zero-order valence-electron chi connectivity index (χ0n) is 17.2. The second kappa shape index (κ2) is 8.28. The molecule has 2 N–H and O–H groups in total. The highest BCUT2D eigenvalue weighted by Gasteiger charge is 2.49. The van der Waals surface area contributed by atoms with Gasteiger partial charge >= 0.3 is 6.03 Å². The van der Waals surface area contributed by atoms with E-state index in [1.807, 2.05) is 39.0 Å². The van der Waals surface area contributed by atoms with Gasteiger partial charge in [0.2, 0.25) is 5.91 Å². The Morgan fingerprint density at radius 1 is 1.10 bits per heavy atom. The van der Waals surface area contributed by atoms with E-state index in [1.54, 1.807) is 19.1 Å². The van der Waals surface area contributed by atoms with E-state index in [0.29, 0.717) is 10.6 Å². The number of benzene rings is 2. The van der Waals surface area contributed by atoms with Gasteiger partial charge in [0.25, 0.3) is 5.91 Å². The largest absolute Gasteiger partial charge is 0.348 e. The molecular formula is C22H23Cl2N3O3. The molecule has 6 nitrogen and oxygen atoms in total. The minimum atomic E-state index is -1.33. The predicted molar refractivity (Wildman–Crippen MR) is 117 cm³/mol. The summed E-state index contributed by atoms with van der Waals surface area (Å²) in [4.78, 5) is 38.9. The molecule has 1 aliphatic heterocycles. The van der Waals surface area contributed by atoms with Crippen molar-refractivity contribution in [3.05, 3.63) is 68.7 Å². The SMILES string of the molecule is Cc1ccc(C(C)NC(=O)CN2C(=O)NC(C)(c3ccc(Cl)c(Cl)c3)C2=O)cc1C. The molecule has 8 heteroatoms. The molecule has 1 saturated heterocycles. The third kappa shape index (κ3) is 4.16. The molecule has 0 bridgehead atoms. The number of aryl methyl sites for hydroxylation is 2. The van der Waals surface area contributed by atoms with Gasteiger partial charge in [-0.1, -0.05) is 47.5 Å². The number of halogens is 2. The van der Waals surface area contributed by atoms with Crippen LogP contribution in [0.25, 0.3) is 0 Å². The van der Waals surface area contributed by atoms with Crippen molar-refractivity contribution in [3.63, 3.8) is 0 Å². The van der Waals surface area contributed by atoms with Crippen LogP contribution in [0.1, 0.15) is 42.1 Å². The number of amides is 4. The van der Waals surface area contributed by atoms with Crippen molar-refractivity contribution >= 4 is 41.0 Å². The van der Waals surface area contributed by atoms with E-state index in [9.17, 15) is 14.4 Å². The molecule has 30 heavy (non-hydrogen) atoms. The van der Waals surface area contributed by atoms with Crippen LogP contribution in [-0.2, 0) is 15.1 Å². The van der Waals surface area contributed by atoms with Gasteiger partial charge < -0.3 is 10.6 Å². The monoisotopic (exact) mass is 447 g/mol. The molecule has 1 aliphatic rings. The lowest BCUT2D eigenvalue weighted by molar-refractivity contribution is -0.135. The smallest absolute Gasteiger partial charge is 0.325 e. The fraction of sp³-hybridized carbons (Fsp3) is 0.318. The molecule has 1 fully saturated rings. The first kappa shape index (κ1) is 22.1. The highest BCUT2D eigenvalue weighted by molar-refractivity contribution is 6.42. The second-order valence-corrected chi connectivity index (χ2v) is 8.52. The van der Waals surface area contributed by atoms with Gasteiger partial charge in [0.1, 0.15) is 12.1 Å². The summed E-state index contributed by atoms with van der Waals surface area (Å²) in [5.74, 6) is -0.956. The van der Waals surface area contributed by atoms with Crippen LogP contribution in [0.5, 0.6) is 0 Å². The Morgan fingerprint density at radius 3 is 2.43 bits per heavy atom. The zero-order valence-corrected chi connectivity index (χ0v) is 18.7. The summed E-state index contributed by atoms with van der Waals surface area (Å²) in [6, 6.07) is 9.77. The van der Waals surface area contributed by atoms with E-state index in [4.69, 9.17) is 23.2 Å². The Labute approximate surface area is 185 Å². The summed E-state index contributed by atoms with van der Waals surface area (Å²) in [5.41, 5.74) is 2.40. The van der Waals surface area contributed by atoms with Gasteiger partial charge in [-0.25, -0.2) is 4.79 Å². The van der Waals surface area contributed by atoms with E-state index in [0.717, 1.165) is 21.6 Å². The lowest BCUT2D eigenvalue weighted by atomic mass is 9.92. The van der Waals surface area contributed by atoms with Gasteiger partial charge in [-0.3, -0.25) is 14.5 Å². The van der Waals surface area contributed by atoms with Gasteiger partial charge in [-0.05, 0) is 62.1 Å². The Balaban J connectivity index is 1.72. The van der Waals surface area contributed by atoms with E-state index in [1.165, 1.54) is 6.07 Å². The quantitative estimate of drug-likeness (QED) is 0.672. The van der Waals surface area contributed by atoms with E-state index < -0.39 is 23.4 Å². The van der Waals surface area contributed by atoms with Crippen LogP contribution in [0.3, 0.4) is 0 Å². The summed E-state index contributed by atoms with van der Waals surface area (Å²) in [6.45, 7) is 7.07. The number of imide groups is 1. The molecule has 2 unspecified atom stereocenters. The Kier molecular flexibility index (Phi) is 6.11. The number of nitrogens with one attached hydrogen (secondary N) is 2. The van der Waals surface area contributed by atoms with Crippen LogP contribution < -0.4 is 10.6 Å². The summed E-state index contributed by atoms with van der Waals surface area (Å²) < 4.78 is 0. The van der Waals surface area contributed by atoms with Crippen molar-refractivity contribution in [2.45, 2.75) is 39.3 Å². The van der Waals surface area contributed by atoms with Crippen molar-refractivity contribution < 1.29 is 14.4 Å². The first-order valence-electron chi connectivity index (χ1n) is 9.49. The summed E-state index contributed by atoms with van der Waals surface area (Å²) in [7, 11) is 0. The lowest BCUT2D eigenvalue weighted by Crippen LogP contribution is -2.43. The van der Waals surface area contributed by atoms with Crippen molar-refractivity contribution in [2.75, 3.05) is 6.54 Å². The fourth-order valence-electron chi connectivity index (χ4n) is 3.39. The Bertz CT molecular complexity index is 1040. The number of carbonyl (C=O) groups excluding carboxylic acids is 3. The van der Waals surface area contributed by atoms with Gasteiger partial charge in [0.15, 0.2) is 0 Å². The van der Waals surface area contributed by atoms with Crippen LogP contribution in [0, 0.1) is 13.8 Å². The summed E-state index contributed by atoms with van der Waals surface area (Å²) >= 11 is 12.0. The molecule has 158 valence electrons. The maximum Gasteiger partial charge on any atom is 0.325 e. The fourth-order valence-corrected chi connectivity index (χ4v) is 3.69. The van der Waals surface area contributed by atoms with E-state index in [2.05, 4.69) is 10.6 Å². The van der Waals surface area contributed by atoms with Gasteiger partial charge in [0.05, 0.1) is 16.1 Å². The molecule has 0 aliphatic carbocycles. The number of nitrogens with zero attached hydrogens (tertiary/aromatic N) is 1. The van der Waals surface area contributed by atoms with Crippen molar-refractivity contribution in [3.8, 4) is 0 Å². The lowest BCUT2D eigenvalue weighted by Gasteiger charge is -2.23. The summed E-state index contributed by atoms with van der Waals surface area (Å²) in [5, 5.41) is 6.11. The first-order valence-corrected chi connectivity index (χ1v) is 10.2. The average Bonchev–Trinajstić information content (AvgIpc) is 2.90. The molecule has 0 saturated carbocycles. The number of hydrogen-bond acceptors (Lipinski definition) is 3. The van der Waals surface area contributed by atoms with Gasteiger partial charge in [-0.2, -0.15) is 0 Å². The number of rotatable bonds is 5. The van der Waals surface area contributed by atoms with Crippen LogP contribution in [0.4, 0.5) is 4.79 Å². The minimum absolute atomic E-state index is 0.265. The molecule has 1 heterocycles. The number of hydrogen-bond donors (Lipinski definition) is 2. The molecule has 2 aromatic carbocycles. The van der Waals surface area contributed by atoms with Crippen LogP contribution >= 0.6 is 23.2 Å². The van der Waals surface area contributed by atoms with E-state index in [-0.39, 0.29) is 17.6 Å². The number of carbonyl (C=O) groups is 3. The number of urea groups is 1. The summed E-state index contributed by atoms with van der Waals surface area (Å²) in [6.07, 6.45) is 0. The molecule has 0 aromatic heterocycles. The first-order chi connectivity index (χ1) is 14.0. The van der Waals surface area contributed by atoms with Crippen LogP contribution in [0.2, 0.25) is 10.0 Å². The minimum Gasteiger partial charge on any atom is -0.348 e. The Hall–Kier alpha value is -2.57. The third-order valence-corrected chi connectivity index (χ3v) is 6.22. The average molecular weight is 448 g/mol. The molecule has 4 amide bonds. The molecular weight excluding hydrogens is 425 g/mol. The van der Waals surface area contributed by atoms with Crippen LogP contribution in [-0.4, -0.2) is 29.3 Å². The highest BCUT2D eigenvalue weighted by atomic mass is 35.5. The molecule has 2 aromatic rings. The standard InChI is InChI=1S/C22H23Cl2N3O3/c1-12-5-6-15(9-13(12)2)14(3)25-19(28)11-27-20(29)22(4,26-21(27)30)16-7-8-17(23)18(24)10-16/h5-10,14H,11H2,1-4H3,(H,25,28)(H,26,30). The third-order valence-electron chi connectivity index (χ3n) is 5.48. The second-order valence-electron chi connectivity index (χ2n) is 7.71. The maximum atomic E-state index is 13.0. The zero-order chi connectivity index (χ0) is 22.2.